The highest BCUT2D eigenvalue weighted by Crippen LogP contribution is 2.27. The van der Waals surface area contributed by atoms with Gasteiger partial charge in [0.1, 0.15) is 18.4 Å². The maximum Gasteiger partial charge on any atom is 0.244 e. The van der Waals surface area contributed by atoms with Crippen molar-refractivity contribution in [3.05, 3.63) is 99.8 Å². The molecule has 0 aliphatic rings. The van der Waals surface area contributed by atoms with E-state index in [0.717, 1.165) is 16.1 Å². The number of nitrogens with one attached hydrogen (secondary N) is 1. The lowest BCUT2D eigenvalue weighted by Crippen LogP contribution is -2.53. The van der Waals surface area contributed by atoms with E-state index in [1.807, 2.05) is 6.07 Å². The number of hydrogen-bond acceptors (Lipinski definition) is 4. The first kappa shape index (κ1) is 28.4. The fourth-order valence-electron chi connectivity index (χ4n) is 3.83. The summed E-state index contributed by atoms with van der Waals surface area (Å²) in [6, 6.07) is 18.0. The number of likely N-dealkylation sites (N-methyl/N-ethyl adjacent to an activating group) is 1. The van der Waals surface area contributed by atoms with Crippen LogP contribution in [0.1, 0.15) is 11.1 Å². The Kier molecular flexibility index (Phi) is 9.53. The van der Waals surface area contributed by atoms with Gasteiger partial charge < -0.3 is 10.2 Å². The molecule has 0 unspecified atom stereocenters. The van der Waals surface area contributed by atoms with E-state index < -0.39 is 40.2 Å². The van der Waals surface area contributed by atoms with Crippen molar-refractivity contribution in [3.63, 3.8) is 0 Å². The molecule has 0 fully saturated rings. The standard InChI is InChI=1S/C26H26Cl2FN3O4S/c1-30-26(34)24(12-18-8-4-3-5-9-18)31(16-19-10-6-7-11-23(19)29)25(33)17-32(37(2,35)36)22-14-20(27)13-21(28)15-22/h3-11,13-15,24H,12,16-17H2,1-2H3,(H,30,34)/t24-/m0/s1. The van der Waals surface area contributed by atoms with Gasteiger partial charge in [0.25, 0.3) is 0 Å². The summed E-state index contributed by atoms with van der Waals surface area (Å²) in [7, 11) is -2.54. The predicted octanol–water partition coefficient (Wildman–Crippen LogP) is 4.28. The molecule has 1 atom stereocenters. The van der Waals surface area contributed by atoms with Crippen molar-refractivity contribution in [1.82, 2.24) is 10.2 Å². The first-order valence-electron chi connectivity index (χ1n) is 11.2. The number of rotatable bonds is 10. The van der Waals surface area contributed by atoms with Crippen molar-refractivity contribution in [2.45, 2.75) is 19.0 Å². The molecule has 0 heterocycles. The molecule has 0 saturated heterocycles. The van der Waals surface area contributed by atoms with Crippen LogP contribution in [0.25, 0.3) is 0 Å². The molecular weight excluding hydrogens is 540 g/mol. The minimum absolute atomic E-state index is 0.0822. The molecule has 11 heteroatoms. The molecule has 37 heavy (non-hydrogen) atoms. The van der Waals surface area contributed by atoms with Gasteiger partial charge in [0.15, 0.2) is 0 Å². The Bertz CT molecular complexity index is 1350. The predicted molar refractivity (Wildman–Crippen MR) is 144 cm³/mol. The molecule has 0 aliphatic carbocycles. The number of carbonyl (C=O) groups is 2. The quantitative estimate of drug-likeness (QED) is 0.397. The molecule has 0 aromatic heterocycles. The minimum Gasteiger partial charge on any atom is -0.357 e. The molecule has 196 valence electrons. The third kappa shape index (κ3) is 7.67. The highest BCUT2D eigenvalue weighted by Gasteiger charge is 2.33. The SMILES string of the molecule is CNC(=O)[C@H](Cc1ccccc1)N(Cc1ccccc1F)C(=O)CN(c1cc(Cl)cc(Cl)c1)S(C)(=O)=O. The molecular formula is C26H26Cl2FN3O4S. The van der Waals surface area contributed by atoms with E-state index in [1.165, 1.54) is 48.3 Å². The molecule has 2 amide bonds. The highest BCUT2D eigenvalue weighted by molar-refractivity contribution is 7.92. The molecule has 0 saturated carbocycles. The fraction of sp³-hybridized carbons (Fsp3) is 0.231. The summed E-state index contributed by atoms with van der Waals surface area (Å²) in [5.74, 6) is -1.75. The van der Waals surface area contributed by atoms with Crippen LogP contribution < -0.4 is 9.62 Å². The molecule has 0 radical (unpaired) electrons. The van der Waals surface area contributed by atoms with Gasteiger partial charge in [-0.2, -0.15) is 0 Å². The summed E-state index contributed by atoms with van der Waals surface area (Å²) in [6.45, 7) is -0.920. The van der Waals surface area contributed by atoms with Crippen LogP contribution in [0.4, 0.5) is 10.1 Å². The van der Waals surface area contributed by atoms with E-state index in [1.54, 1.807) is 30.3 Å². The van der Waals surface area contributed by atoms with Gasteiger partial charge in [0.05, 0.1) is 11.9 Å². The Balaban J connectivity index is 2.06. The van der Waals surface area contributed by atoms with Crippen LogP contribution in [0.2, 0.25) is 10.0 Å². The minimum atomic E-state index is -3.98. The summed E-state index contributed by atoms with van der Waals surface area (Å²) in [4.78, 5) is 28.0. The number of benzene rings is 3. The number of carbonyl (C=O) groups excluding carboxylic acids is 2. The lowest BCUT2D eigenvalue weighted by molar-refractivity contribution is -0.139. The van der Waals surface area contributed by atoms with Crippen LogP contribution in [0, 0.1) is 5.82 Å². The highest BCUT2D eigenvalue weighted by atomic mass is 35.5. The average molecular weight is 566 g/mol. The van der Waals surface area contributed by atoms with Crippen LogP contribution in [-0.4, -0.2) is 51.0 Å². The van der Waals surface area contributed by atoms with Crippen LogP contribution in [0.15, 0.2) is 72.8 Å². The van der Waals surface area contributed by atoms with Gasteiger partial charge >= 0.3 is 0 Å². The normalized spacial score (nSPS) is 12.0. The monoisotopic (exact) mass is 565 g/mol. The van der Waals surface area contributed by atoms with E-state index in [4.69, 9.17) is 23.2 Å². The largest absolute Gasteiger partial charge is 0.357 e. The second-order valence-corrected chi connectivity index (χ2v) is 11.1. The van der Waals surface area contributed by atoms with Gasteiger partial charge in [-0.3, -0.25) is 13.9 Å². The van der Waals surface area contributed by atoms with Gasteiger partial charge in [-0.05, 0) is 29.8 Å². The topological polar surface area (TPSA) is 86.8 Å². The van der Waals surface area contributed by atoms with Gasteiger partial charge in [-0.15, -0.1) is 0 Å². The van der Waals surface area contributed by atoms with Gasteiger partial charge in [-0.25, -0.2) is 12.8 Å². The van der Waals surface area contributed by atoms with E-state index >= 15 is 0 Å². The molecule has 0 spiro atoms. The van der Waals surface area contributed by atoms with E-state index in [0.29, 0.717) is 0 Å². The molecule has 1 N–H and O–H groups in total. The molecule has 3 aromatic rings. The number of anilines is 1. The average Bonchev–Trinajstić information content (AvgIpc) is 2.84. The van der Waals surface area contributed by atoms with Gasteiger partial charge in [-0.1, -0.05) is 71.7 Å². The first-order chi connectivity index (χ1) is 17.5. The van der Waals surface area contributed by atoms with Crippen LogP contribution in [-0.2, 0) is 32.6 Å². The summed E-state index contributed by atoms with van der Waals surface area (Å²) >= 11 is 12.1. The Morgan fingerprint density at radius 3 is 2.14 bits per heavy atom. The summed E-state index contributed by atoms with van der Waals surface area (Å²) in [6.07, 6.45) is 1.07. The molecule has 3 aromatic carbocycles. The summed E-state index contributed by atoms with van der Waals surface area (Å²) < 4.78 is 40.9. The Hall–Kier alpha value is -3.14. The zero-order valence-corrected chi connectivity index (χ0v) is 22.5. The fourth-order valence-corrected chi connectivity index (χ4v) is 5.18. The smallest absolute Gasteiger partial charge is 0.244 e. The summed E-state index contributed by atoms with van der Waals surface area (Å²) in [5, 5.41) is 2.92. The number of amides is 2. The van der Waals surface area contributed by atoms with Crippen molar-refractivity contribution in [2.75, 3.05) is 24.2 Å². The van der Waals surface area contributed by atoms with Crippen molar-refractivity contribution >= 4 is 50.7 Å². The Morgan fingerprint density at radius 1 is 0.973 bits per heavy atom. The van der Waals surface area contributed by atoms with Crippen LogP contribution >= 0.6 is 23.2 Å². The summed E-state index contributed by atoms with van der Waals surface area (Å²) in [5.41, 5.74) is 1.03. The lowest BCUT2D eigenvalue weighted by atomic mass is 10.0. The Morgan fingerprint density at radius 2 is 1.57 bits per heavy atom. The zero-order valence-electron chi connectivity index (χ0n) is 20.2. The lowest BCUT2D eigenvalue weighted by Gasteiger charge is -2.33. The van der Waals surface area contributed by atoms with E-state index in [-0.39, 0.29) is 34.3 Å². The van der Waals surface area contributed by atoms with E-state index in [9.17, 15) is 22.4 Å². The number of sulfonamides is 1. The first-order valence-corrected chi connectivity index (χ1v) is 13.8. The molecule has 0 aliphatic heterocycles. The number of nitrogens with zero attached hydrogens (tertiary/aromatic N) is 2. The van der Waals surface area contributed by atoms with Crippen molar-refractivity contribution < 1.29 is 22.4 Å². The maximum atomic E-state index is 14.6. The maximum absolute atomic E-state index is 14.6. The second kappa shape index (κ2) is 12.4. The Labute approximate surface area is 225 Å². The van der Waals surface area contributed by atoms with Crippen molar-refractivity contribution in [3.8, 4) is 0 Å². The number of hydrogen-bond donors (Lipinski definition) is 1. The van der Waals surface area contributed by atoms with Gasteiger partial charge in [0, 0.05) is 35.6 Å². The van der Waals surface area contributed by atoms with Crippen LogP contribution in [0.3, 0.4) is 0 Å². The van der Waals surface area contributed by atoms with Crippen molar-refractivity contribution in [1.29, 1.82) is 0 Å². The third-order valence-corrected chi connectivity index (χ3v) is 7.21. The molecule has 7 nitrogen and oxygen atoms in total. The molecule has 0 bridgehead atoms. The van der Waals surface area contributed by atoms with Gasteiger partial charge in [0.2, 0.25) is 21.8 Å². The van der Waals surface area contributed by atoms with E-state index in [2.05, 4.69) is 5.32 Å². The third-order valence-electron chi connectivity index (χ3n) is 5.63. The number of halogens is 3. The van der Waals surface area contributed by atoms with Crippen molar-refractivity contribution in [2.24, 2.45) is 0 Å². The zero-order chi connectivity index (χ0) is 27.2. The molecule has 3 rings (SSSR count). The van der Waals surface area contributed by atoms with Crippen LogP contribution in [0.5, 0.6) is 0 Å². The second-order valence-electron chi connectivity index (χ2n) is 8.33.